The van der Waals surface area contributed by atoms with E-state index >= 15 is 0 Å². The summed E-state index contributed by atoms with van der Waals surface area (Å²) in [6, 6.07) is 2.45. The van der Waals surface area contributed by atoms with Crippen molar-refractivity contribution in [2.75, 3.05) is 12.0 Å². The lowest BCUT2D eigenvalue weighted by molar-refractivity contribution is 0.630. The molecule has 0 radical (unpaired) electrons. The van der Waals surface area contributed by atoms with Crippen molar-refractivity contribution in [1.29, 1.82) is 0 Å². The summed E-state index contributed by atoms with van der Waals surface area (Å²) in [5.74, 6) is 1.93. The van der Waals surface area contributed by atoms with Crippen LogP contribution in [0.25, 0.3) is 0 Å². The molecule has 1 aliphatic carbocycles. The highest BCUT2D eigenvalue weighted by Crippen LogP contribution is 2.39. The molecular formula is C11H18N2S. The lowest BCUT2D eigenvalue weighted by atomic mass is 10.1. The molecule has 0 amide bonds. The first kappa shape index (κ1) is 10.1. The second-order valence-corrected chi connectivity index (χ2v) is 5.02. The predicted octanol–water partition coefficient (Wildman–Crippen LogP) is 2.26. The maximum atomic E-state index is 6.12. The monoisotopic (exact) mass is 210 g/mol. The van der Waals surface area contributed by atoms with Crippen LogP contribution in [0.1, 0.15) is 24.4 Å². The summed E-state index contributed by atoms with van der Waals surface area (Å²) in [5.41, 5.74) is 7.44. The van der Waals surface area contributed by atoms with Gasteiger partial charge in [-0.1, -0.05) is 0 Å². The average molecular weight is 210 g/mol. The van der Waals surface area contributed by atoms with E-state index in [9.17, 15) is 0 Å². The molecule has 0 saturated heterocycles. The summed E-state index contributed by atoms with van der Waals surface area (Å²) in [7, 11) is 0. The van der Waals surface area contributed by atoms with E-state index in [1.807, 2.05) is 11.8 Å². The smallest absolute Gasteiger partial charge is 0.0338 e. The zero-order valence-corrected chi connectivity index (χ0v) is 9.46. The molecule has 1 atom stereocenters. The lowest BCUT2D eigenvalue weighted by Crippen LogP contribution is -2.11. The second-order valence-electron chi connectivity index (χ2n) is 4.04. The number of thioether (sulfide) groups is 1. The molecule has 2 rings (SSSR count). The quantitative estimate of drug-likeness (QED) is 0.808. The molecule has 2 N–H and O–H groups in total. The van der Waals surface area contributed by atoms with Crippen LogP contribution in [0.3, 0.4) is 0 Å². The summed E-state index contributed by atoms with van der Waals surface area (Å²) in [6.45, 7) is 1.10. The van der Waals surface area contributed by atoms with Gasteiger partial charge in [-0.3, -0.25) is 0 Å². The molecule has 1 aromatic heterocycles. The first-order chi connectivity index (χ1) is 6.81. The van der Waals surface area contributed by atoms with Crippen molar-refractivity contribution in [1.82, 2.24) is 4.57 Å². The summed E-state index contributed by atoms with van der Waals surface area (Å²) < 4.78 is 2.24. The van der Waals surface area contributed by atoms with E-state index in [-0.39, 0.29) is 6.04 Å². The third-order valence-electron chi connectivity index (χ3n) is 2.84. The third kappa shape index (κ3) is 2.34. The number of nitrogens with zero attached hydrogens (tertiary/aromatic N) is 1. The summed E-state index contributed by atoms with van der Waals surface area (Å²) >= 11 is 1.88. The number of aromatic nitrogens is 1. The predicted molar refractivity (Wildman–Crippen MR) is 62.5 cm³/mol. The summed E-state index contributed by atoms with van der Waals surface area (Å²) in [5, 5.41) is 0. The number of aryl methyl sites for hydroxylation is 1. The molecule has 0 aromatic carbocycles. The van der Waals surface area contributed by atoms with E-state index in [0.29, 0.717) is 0 Å². The minimum Gasteiger partial charge on any atom is -0.353 e. The van der Waals surface area contributed by atoms with Gasteiger partial charge in [0, 0.05) is 30.7 Å². The van der Waals surface area contributed by atoms with E-state index in [1.165, 1.54) is 24.2 Å². The highest BCUT2D eigenvalue weighted by atomic mass is 32.2. The molecule has 0 spiro atoms. The Hall–Kier alpha value is -0.410. The Morgan fingerprint density at radius 2 is 2.43 bits per heavy atom. The van der Waals surface area contributed by atoms with Crippen molar-refractivity contribution in [3.63, 3.8) is 0 Å². The molecule has 14 heavy (non-hydrogen) atoms. The molecule has 3 heteroatoms. The molecule has 1 saturated carbocycles. The Morgan fingerprint density at radius 1 is 1.64 bits per heavy atom. The Kier molecular flexibility index (Phi) is 3.19. The van der Waals surface area contributed by atoms with Crippen molar-refractivity contribution in [3.05, 3.63) is 24.0 Å². The van der Waals surface area contributed by atoms with E-state index in [1.54, 1.807) is 0 Å². The molecule has 1 fully saturated rings. The van der Waals surface area contributed by atoms with Crippen LogP contribution in [-0.4, -0.2) is 16.6 Å². The first-order valence-electron chi connectivity index (χ1n) is 5.21. The highest BCUT2D eigenvalue weighted by Gasteiger charge is 2.29. The van der Waals surface area contributed by atoms with Gasteiger partial charge in [0.1, 0.15) is 0 Å². The van der Waals surface area contributed by atoms with Crippen molar-refractivity contribution < 1.29 is 0 Å². The molecule has 78 valence electrons. The van der Waals surface area contributed by atoms with Crippen LogP contribution in [0.2, 0.25) is 0 Å². The Labute approximate surface area is 89.9 Å². The number of hydrogen-bond donors (Lipinski definition) is 1. The van der Waals surface area contributed by atoms with Crippen LogP contribution >= 0.6 is 11.8 Å². The lowest BCUT2D eigenvalue weighted by Gasteiger charge is -2.07. The Bertz CT molecular complexity index is 291. The summed E-state index contributed by atoms with van der Waals surface area (Å²) in [6.07, 6.45) is 9.13. The molecule has 1 heterocycles. The van der Waals surface area contributed by atoms with Gasteiger partial charge < -0.3 is 10.3 Å². The van der Waals surface area contributed by atoms with Crippen molar-refractivity contribution in [3.8, 4) is 0 Å². The van der Waals surface area contributed by atoms with E-state index in [0.717, 1.165) is 12.5 Å². The van der Waals surface area contributed by atoms with Gasteiger partial charge in [0.25, 0.3) is 0 Å². The maximum absolute atomic E-state index is 6.12. The van der Waals surface area contributed by atoms with Gasteiger partial charge in [0.15, 0.2) is 0 Å². The number of rotatable bonds is 5. The second kappa shape index (κ2) is 4.41. The fourth-order valence-corrected chi connectivity index (χ4v) is 2.11. The van der Waals surface area contributed by atoms with E-state index in [2.05, 4.69) is 29.3 Å². The van der Waals surface area contributed by atoms with Gasteiger partial charge in [-0.2, -0.15) is 11.8 Å². The zero-order valence-electron chi connectivity index (χ0n) is 8.65. The van der Waals surface area contributed by atoms with Gasteiger partial charge in [0.2, 0.25) is 0 Å². The van der Waals surface area contributed by atoms with Gasteiger partial charge in [-0.05, 0) is 36.6 Å². The van der Waals surface area contributed by atoms with Gasteiger partial charge in [0.05, 0.1) is 0 Å². The van der Waals surface area contributed by atoms with Crippen LogP contribution < -0.4 is 5.73 Å². The van der Waals surface area contributed by atoms with E-state index < -0.39 is 0 Å². The van der Waals surface area contributed by atoms with Crippen LogP contribution in [-0.2, 0) is 6.54 Å². The van der Waals surface area contributed by atoms with Crippen LogP contribution in [0.15, 0.2) is 18.5 Å². The highest BCUT2D eigenvalue weighted by molar-refractivity contribution is 7.98. The normalized spacial score (nSPS) is 18.4. The standard InChI is InChI=1S/C11H18N2S/c1-14-7-6-13-5-4-10(8-13)11(12)9-2-3-9/h4-5,8-9,11H,2-3,6-7,12H2,1H3. The van der Waals surface area contributed by atoms with Crippen molar-refractivity contribution in [2.24, 2.45) is 11.7 Å². The minimum absolute atomic E-state index is 0.283. The topological polar surface area (TPSA) is 30.9 Å². The van der Waals surface area contributed by atoms with E-state index in [4.69, 9.17) is 5.73 Å². The molecule has 0 aliphatic heterocycles. The summed E-state index contributed by atoms with van der Waals surface area (Å²) in [4.78, 5) is 0. The fourth-order valence-electron chi connectivity index (χ4n) is 1.72. The van der Waals surface area contributed by atoms with Crippen molar-refractivity contribution >= 4 is 11.8 Å². The average Bonchev–Trinajstić information content (AvgIpc) is 2.94. The largest absolute Gasteiger partial charge is 0.353 e. The minimum atomic E-state index is 0.283. The molecule has 1 aromatic rings. The van der Waals surface area contributed by atoms with Gasteiger partial charge >= 0.3 is 0 Å². The van der Waals surface area contributed by atoms with Crippen molar-refractivity contribution in [2.45, 2.75) is 25.4 Å². The molecule has 1 aliphatic rings. The third-order valence-corrected chi connectivity index (χ3v) is 3.43. The maximum Gasteiger partial charge on any atom is 0.0338 e. The molecular weight excluding hydrogens is 192 g/mol. The van der Waals surface area contributed by atoms with Crippen LogP contribution in [0.5, 0.6) is 0 Å². The molecule has 1 unspecified atom stereocenters. The number of nitrogens with two attached hydrogens (primary N) is 1. The van der Waals surface area contributed by atoms with Gasteiger partial charge in [-0.25, -0.2) is 0 Å². The van der Waals surface area contributed by atoms with Gasteiger partial charge in [-0.15, -0.1) is 0 Å². The first-order valence-corrected chi connectivity index (χ1v) is 6.61. The Morgan fingerprint density at radius 3 is 3.07 bits per heavy atom. The molecule has 0 bridgehead atoms. The Balaban J connectivity index is 1.94. The van der Waals surface area contributed by atoms with Crippen LogP contribution in [0.4, 0.5) is 0 Å². The number of hydrogen-bond acceptors (Lipinski definition) is 2. The van der Waals surface area contributed by atoms with Crippen LogP contribution in [0, 0.1) is 5.92 Å². The SMILES string of the molecule is CSCCn1ccc(C(N)C2CC2)c1. The zero-order chi connectivity index (χ0) is 9.97. The molecule has 2 nitrogen and oxygen atoms in total. The fraction of sp³-hybridized carbons (Fsp3) is 0.636.